The second-order valence-corrected chi connectivity index (χ2v) is 4.48. The fraction of sp³-hybridized carbons (Fsp3) is 0.385. The van der Waals surface area contributed by atoms with Crippen LogP contribution in [0.1, 0.15) is 29.8 Å². The molecule has 0 fully saturated rings. The summed E-state index contributed by atoms with van der Waals surface area (Å²) < 4.78 is 37.0. The van der Waals surface area contributed by atoms with E-state index in [1.165, 1.54) is 0 Å². The molecule has 0 saturated carbocycles. The molecule has 2 N–H and O–H groups in total. The van der Waals surface area contributed by atoms with Crippen LogP contribution in [0.4, 0.5) is 13.2 Å². The third kappa shape index (κ3) is 4.91. The normalized spacial score (nSPS) is 11.3. The van der Waals surface area contributed by atoms with Crippen LogP contribution in [0.15, 0.2) is 24.3 Å². The molecule has 4 nitrogen and oxygen atoms in total. The molecule has 110 valence electrons. The van der Waals surface area contributed by atoms with Crippen molar-refractivity contribution in [2.75, 3.05) is 6.54 Å². The van der Waals surface area contributed by atoms with Gasteiger partial charge in [0.15, 0.2) is 0 Å². The molecular weight excluding hydrogens is 273 g/mol. The summed E-state index contributed by atoms with van der Waals surface area (Å²) in [6.07, 6.45) is -4.44. The molecule has 0 atom stereocenters. The zero-order valence-corrected chi connectivity index (χ0v) is 11.0. The van der Waals surface area contributed by atoms with Crippen LogP contribution in [0.25, 0.3) is 0 Å². The average molecular weight is 288 g/mol. The Balaban J connectivity index is 2.58. The van der Waals surface area contributed by atoms with E-state index < -0.39 is 17.6 Å². The lowest BCUT2D eigenvalue weighted by Gasteiger charge is -2.10. The van der Waals surface area contributed by atoms with Crippen molar-refractivity contribution in [1.29, 1.82) is 0 Å². The van der Waals surface area contributed by atoms with Gasteiger partial charge in [-0.05, 0) is 38.1 Å². The van der Waals surface area contributed by atoms with E-state index in [1.807, 2.05) is 0 Å². The molecule has 0 heterocycles. The van der Waals surface area contributed by atoms with E-state index in [4.69, 9.17) is 0 Å². The molecule has 20 heavy (non-hydrogen) atoms. The maximum atomic E-state index is 12.3. The van der Waals surface area contributed by atoms with Gasteiger partial charge in [-0.3, -0.25) is 9.59 Å². The van der Waals surface area contributed by atoms with E-state index in [2.05, 4.69) is 10.6 Å². The van der Waals surface area contributed by atoms with Crippen LogP contribution < -0.4 is 10.6 Å². The molecule has 0 bridgehead atoms. The Kier molecular flexibility index (Phi) is 5.12. The highest BCUT2D eigenvalue weighted by Gasteiger charge is 2.30. The first-order chi connectivity index (χ1) is 9.20. The van der Waals surface area contributed by atoms with Crippen LogP contribution in [0.3, 0.4) is 0 Å². The van der Waals surface area contributed by atoms with Gasteiger partial charge in [0.2, 0.25) is 5.91 Å². The standard InChI is InChI=1S/C13H15F3N2O2/c1-8(2)18-11(19)7-17-12(20)9-3-5-10(6-4-9)13(14,15)16/h3-6,8H,7H2,1-2H3,(H,17,20)(H,18,19). The molecular formula is C13H15F3N2O2. The van der Waals surface area contributed by atoms with E-state index in [0.29, 0.717) is 0 Å². The number of hydrogen-bond donors (Lipinski definition) is 2. The Morgan fingerprint density at radius 2 is 1.70 bits per heavy atom. The van der Waals surface area contributed by atoms with Crippen molar-refractivity contribution in [3.8, 4) is 0 Å². The highest BCUT2D eigenvalue weighted by atomic mass is 19.4. The number of halogens is 3. The number of rotatable bonds is 4. The molecule has 0 aliphatic carbocycles. The number of nitrogens with one attached hydrogen (secondary N) is 2. The molecule has 0 aliphatic heterocycles. The van der Waals surface area contributed by atoms with Crippen LogP contribution >= 0.6 is 0 Å². The summed E-state index contributed by atoms with van der Waals surface area (Å²) in [5.41, 5.74) is -0.762. The molecule has 1 aromatic carbocycles. The summed E-state index contributed by atoms with van der Waals surface area (Å²) >= 11 is 0. The third-order valence-corrected chi connectivity index (χ3v) is 2.33. The molecule has 2 amide bonds. The number of carbonyl (C=O) groups is 2. The predicted octanol–water partition coefficient (Wildman–Crippen LogP) is 1.96. The van der Waals surface area contributed by atoms with Gasteiger partial charge in [-0.1, -0.05) is 0 Å². The summed E-state index contributed by atoms with van der Waals surface area (Å²) in [7, 11) is 0. The predicted molar refractivity (Wildman–Crippen MR) is 67.1 cm³/mol. The zero-order chi connectivity index (χ0) is 15.3. The van der Waals surface area contributed by atoms with Crippen LogP contribution in [-0.2, 0) is 11.0 Å². The monoisotopic (exact) mass is 288 g/mol. The summed E-state index contributed by atoms with van der Waals surface area (Å²) in [6, 6.07) is 3.73. The Labute approximate surface area is 114 Å². The van der Waals surface area contributed by atoms with Crippen molar-refractivity contribution in [3.05, 3.63) is 35.4 Å². The highest BCUT2D eigenvalue weighted by molar-refractivity contribution is 5.96. The average Bonchev–Trinajstić information content (AvgIpc) is 2.34. The van der Waals surface area contributed by atoms with Crippen molar-refractivity contribution in [2.45, 2.75) is 26.1 Å². The quantitative estimate of drug-likeness (QED) is 0.890. The molecule has 0 spiro atoms. The second kappa shape index (κ2) is 6.40. The Morgan fingerprint density at radius 1 is 1.15 bits per heavy atom. The van der Waals surface area contributed by atoms with Gasteiger partial charge < -0.3 is 10.6 Å². The lowest BCUT2D eigenvalue weighted by molar-refractivity contribution is -0.137. The maximum absolute atomic E-state index is 12.3. The molecule has 1 aromatic rings. The van der Waals surface area contributed by atoms with Gasteiger partial charge in [0, 0.05) is 11.6 Å². The van der Waals surface area contributed by atoms with Gasteiger partial charge >= 0.3 is 6.18 Å². The lowest BCUT2D eigenvalue weighted by Crippen LogP contribution is -2.39. The van der Waals surface area contributed by atoms with Crippen LogP contribution in [0.5, 0.6) is 0 Å². The summed E-state index contributed by atoms with van der Waals surface area (Å²) in [5.74, 6) is -0.960. The van der Waals surface area contributed by atoms with E-state index in [-0.39, 0.29) is 24.1 Å². The van der Waals surface area contributed by atoms with Crippen molar-refractivity contribution in [2.24, 2.45) is 0 Å². The summed E-state index contributed by atoms with van der Waals surface area (Å²) in [4.78, 5) is 22.9. The molecule has 0 unspecified atom stereocenters. The van der Waals surface area contributed by atoms with E-state index >= 15 is 0 Å². The van der Waals surface area contributed by atoms with Gasteiger partial charge in [0.25, 0.3) is 5.91 Å². The minimum Gasteiger partial charge on any atom is -0.352 e. The van der Waals surface area contributed by atoms with Crippen molar-refractivity contribution >= 4 is 11.8 Å². The summed E-state index contributed by atoms with van der Waals surface area (Å²) in [5, 5.41) is 4.91. The molecule has 0 saturated heterocycles. The van der Waals surface area contributed by atoms with Crippen molar-refractivity contribution in [3.63, 3.8) is 0 Å². The van der Waals surface area contributed by atoms with Crippen LogP contribution in [-0.4, -0.2) is 24.4 Å². The number of hydrogen-bond acceptors (Lipinski definition) is 2. The first-order valence-electron chi connectivity index (χ1n) is 5.95. The number of amides is 2. The number of alkyl halides is 3. The molecule has 7 heteroatoms. The maximum Gasteiger partial charge on any atom is 0.416 e. The van der Waals surface area contributed by atoms with E-state index in [0.717, 1.165) is 24.3 Å². The van der Waals surface area contributed by atoms with Crippen LogP contribution in [0, 0.1) is 0 Å². The Morgan fingerprint density at radius 3 is 2.15 bits per heavy atom. The van der Waals surface area contributed by atoms with Gasteiger partial charge in [0.1, 0.15) is 0 Å². The number of benzene rings is 1. The fourth-order valence-electron chi connectivity index (χ4n) is 1.45. The largest absolute Gasteiger partial charge is 0.416 e. The molecule has 0 radical (unpaired) electrons. The minimum atomic E-state index is -4.44. The van der Waals surface area contributed by atoms with E-state index in [9.17, 15) is 22.8 Å². The SMILES string of the molecule is CC(C)NC(=O)CNC(=O)c1ccc(C(F)(F)F)cc1. The highest BCUT2D eigenvalue weighted by Crippen LogP contribution is 2.28. The first kappa shape index (κ1) is 16.0. The van der Waals surface area contributed by atoms with Gasteiger partial charge in [0.05, 0.1) is 12.1 Å². The molecule has 0 aliphatic rings. The zero-order valence-electron chi connectivity index (χ0n) is 11.0. The number of carbonyl (C=O) groups excluding carboxylic acids is 2. The molecule has 0 aromatic heterocycles. The Bertz CT molecular complexity index is 481. The smallest absolute Gasteiger partial charge is 0.352 e. The lowest BCUT2D eigenvalue weighted by atomic mass is 10.1. The van der Waals surface area contributed by atoms with Gasteiger partial charge in [-0.15, -0.1) is 0 Å². The van der Waals surface area contributed by atoms with Crippen LogP contribution in [0.2, 0.25) is 0 Å². The van der Waals surface area contributed by atoms with Crippen molar-refractivity contribution < 1.29 is 22.8 Å². The topological polar surface area (TPSA) is 58.2 Å². The second-order valence-electron chi connectivity index (χ2n) is 4.48. The molecule has 1 rings (SSSR count). The Hall–Kier alpha value is -2.05. The fourth-order valence-corrected chi connectivity index (χ4v) is 1.45. The van der Waals surface area contributed by atoms with Crippen molar-refractivity contribution in [1.82, 2.24) is 10.6 Å². The first-order valence-corrected chi connectivity index (χ1v) is 5.95. The van der Waals surface area contributed by atoms with Gasteiger partial charge in [-0.25, -0.2) is 0 Å². The third-order valence-electron chi connectivity index (χ3n) is 2.33. The minimum absolute atomic E-state index is 0.0505. The van der Waals surface area contributed by atoms with E-state index in [1.54, 1.807) is 13.8 Å². The van der Waals surface area contributed by atoms with Gasteiger partial charge in [-0.2, -0.15) is 13.2 Å². The summed E-state index contributed by atoms with van der Waals surface area (Å²) in [6.45, 7) is 3.32.